The number of ether oxygens (including phenoxy) is 1. The summed E-state index contributed by atoms with van der Waals surface area (Å²) in [6.45, 7) is 5.08. The molecule has 2 rings (SSSR count). The summed E-state index contributed by atoms with van der Waals surface area (Å²) < 4.78 is 31.1. The largest absolute Gasteiger partial charge is 0.456 e. The molecule has 0 atom stereocenters. The second kappa shape index (κ2) is 7.01. The molecule has 0 aromatic heterocycles. The van der Waals surface area contributed by atoms with Crippen LogP contribution in [0.1, 0.15) is 26.3 Å². The number of carbonyl (C=O) groups is 1. The summed E-state index contributed by atoms with van der Waals surface area (Å²) >= 11 is 0. The smallest absolute Gasteiger partial charge is 0.350 e. The molecule has 0 fully saturated rings. The number of rotatable bonds is 4. The molecule has 0 heterocycles. The Balaban J connectivity index is 2.55. The Morgan fingerprint density at radius 2 is 1.42 bits per heavy atom. The van der Waals surface area contributed by atoms with Gasteiger partial charge in [0.15, 0.2) is 4.91 Å². The van der Waals surface area contributed by atoms with Crippen molar-refractivity contribution in [3.63, 3.8) is 0 Å². The Kier molecular flexibility index (Phi) is 5.24. The molecule has 0 bridgehead atoms. The topological polar surface area (TPSA) is 60.4 Å². The van der Waals surface area contributed by atoms with Crippen LogP contribution in [0.3, 0.4) is 0 Å². The molecule has 4 nitrogen and oxygen atoms in total. The van der Waals surface area contributed by atoms with E-state index in [1.54, 1.807) is 63.2 Å². The summed E-state index contributed by atoms with van der Waals surface area (Å²) in [6.07, 6.45) is 1.34. The first-order chi connectivity index (χ1) is 11.2. The summed E-state index contributed by atoms with van der Waals surface area (Å²) in [5.41, 5.74) is -0.183. The Labute approximate surface area is 142 Å². The molecule has 126 valence electrons. The van der Waals surface area contributed by atoms with Crippen molar-refractivity contribution in [2.75, 3.05) is 0 Å². The van der Waals surface area contributed by atoms with Crippen LogP contribution in [0.5, 0.6) is 0 Å². The molecule has 24 heavy (non-hydrogen) atoms. The second-order valence-corrected chi connectivity index (χ2v) is 8.16. The third-order valence-corrected chi connectivity index (χ3v) is 4.80. The number of sulfone groups is 1. The van der Waals surface area contributed by atoms with Crippen LogP contribution < -0.4 is 0 Å². The van der Waals surface area contributed by atoms with Gasteiger partial charge in [-0.2, -0.15) is 0 Å². The highest BCUT2D eigenvalue weighted by Crippen LogP contribution is 2.24. The molecule has 0 radical (unpaired) electrons. The van der Waals surface area contributed by atoms with Crippen LogP contribution >= 0.6 is 0 Å². The maximum atomic E-state index is 12.9. The fraction of sp³-hybridized carbons (Fsp3) is 0.211. The number of esters is 1. The normalized spacial score (nSPS) is 12.7. The van der Waals surface area contributed by atoms with Crippen molar-refractivity contribution in [2.45, 2.75) is 31.3 Å². The van der Waals surface area contributed by atoms with Gasteiger partial charge in [0.2, 0.25) is 9.84 Å². The van der Waals surface area contributed by atoms with Gasteiger partial charge < -0.3 is 4.74 Å². The monoisotopic (exact) mass is 344 g/mol. The highest BCUT2D eigenvalue weighted by atomic mass is 32.2. The average molecular weight is 344 g/mol. The minimum atomic E-state index is -3.98. The van der Waals surface area contributed by atoms with Crippen LogP contribution in [-0.2, 0) is 19.4 Å². The minimum Gasteiger partial charge on any atom is -0.456 e. The van der Waals surface area contributed by atoms with E-state index in [9.17, 15) is 13.2 Å². The maximum absolute atomic E-state index is 12.9. The van der Waals surface area contributed by atoms with Crippen molar-refractivity contribution in [3.05, 3.63) is 71.1 Å². The summed E-state index contributed by atoms with van der Waals surface area (Å²) in [6, 6.07) is 16.7. The molecule has 2 aromatic rings. The average Bonchev–Trinajstić information content (AvgIpc) is 2.52. The Morgan fingerprint density at radius 3 is 1.92 bits per heavy atom. The molecule has 0 aliphatic rings. The van der Waals surface area contributed by atoms with Gasteiger partial charge in [0.25, 0.3) is 0 Å². The van der Waals surface area contributed by atoms with Crippen LogP contribution in [-0.4, -0.2) is 20.0 Å². The van der Waals surface area contributed by atoms with E-state index in [2.05, 4.69) is 0 Å². The van der Waals surface area contributed by atoms with E-state index < -0.39 is 21.4 Å². The molecular weight excluding hydrogens is 324 g/mol. The quantitative estimate of drug-likeness (QED) is 0.624. The fourth-order valence-corrected chi connectivity index (χ4v) is 3.32. The highest BCUT2D eigenvalue weighted by Gasteiger charge is 2.31. The van der Waals surface area contributed by atoms with E-state index in [0.717, 1.165) is 0 Å². The molecular formula is C19H20O4S. The third kappa shape index (κ3) is 4.55. The Bertz CT molecular complexity index is 830. The summed E-state index contributed by atoms with van der Waals surface area (Å²) in [4.78, 5) is 12.2. The van der Waals surface area contributed by atoms with Crippen LogP contribution in [0.4, 0.5) is 0 Å². The first kappa shape index (κ1) is 17.9. The van der Waals surface area contributed by atoms with Crippen molar-refractivity contribution in [3.8, 4) is 0 Å². The van der Waals surface area contributed by atoms with Gasteiger partial charge in [-0.3, -0.25) is 0 Å². The van der Waals surface area contributed by atoms with Gasteiger partial charge in [-0.1, -0.05) is 48.5 Å². The summed E-state index contributed by atoms with van der Waals surface area (Å²) in [7, 11) is -3.98. The zero-order valence-electron chi connectivity index (χ0n) is 13.9. The second-order valence-electron chi connectivity index (χ2n) is 6.24. The van der Waals surface area contributed by atoms with E-state index in [1.807, 2.05) is 6.07 Å². The predicted molar refractivity (Wildman–Crippen MR) is 93.9 cm³/mol. The summed E-state index contributed by atoms with van der Waals surface area (Å²) in [5.74, 6) is -0.866. The van der Waals surface area contributed by atoms with Crippen LogP contribution in [0.25, 0.3) is 6.08 Å². The van der Waals surface area contributed by atoms with Crippen molar-refractivity contribution in [1.82, 2.24) is 0 Å². The van der Waals surface area contributed by atoms with Crippen LogP contribution in [0.15, 0.2) is 70.5 Å². The van der Waals surface area contributed by atoms with Gasteiger partial charge in [-0.15, -0.1) is 0 Å². The lowest BCUT2D eigenvalue weighted by Gasteiger charge is -2.20. The first-order valence-electron chi connectivity index (χ1n) is 7.50. The Morgan fingerprint density at radius 1 is 0.917 bits per heavy atom. The lowest BCUT2D eigenvalue weighted by atomic mass is 10.2. The zero-order chi connectivity index (χ0) is 17.8. The van der Waals surface area contributed by atoms with E-state index in [1.165, 1.54) is 18.2 Å². The predicted octanol–water partition coefficient (Wildman–Crippen LogP) is 3.84. The fourth-order valence-electron chi connectivity index (χ4n) is 2.00. The van der Waals surface area contributed by atoms with E-state index in [0.29, 0.717) is 5.56 Å². The van der Waals surface area contributed by atoms with Gasteiger partial charge in [0, 0.05) is 0 Å². The molecule has 0 N–H and O–H groups in total. The maximum Gasteiger partial charge on any atom is 0.350 e. The lowest BCUT2D eigenvalue weighted by Crippen LogP contribution is -2.27. The number of hydrogen-bond acceptors (Lipinski definition) is 4. The molecule has 0 saturated heterocycles. The number of hydrogen-bond donors (Lipinski definition) is 0. The number of benzene rings is 2. The van der Waals surface area contributed by atoms with Crippen LogP contribution in [0, 0.1) is 0 Å². The van der Waals surface area contributed by atoms with Crippen molar-refractivity contribution in [2.24, 2.45) is 0 Å². The minimum absolute atomic E-state index is 0.0537. The molecule has 2 aromatic carbocycles. The van der Waals surface area contributed by atoms with Gasteiger partial charge in [-0.05, 0) is 44.5 Å². The van der Waals surface area contributed by atoms with Crippen molar-refractivity contribution in [1.29, 1.82) is 0 Å². The molecule has 0 saturated carbocycles. The zero-order valence-corrected chi connectivity index (χ0v) is 14.7. The molecule has 5 heteroatoms. The SMILES string of the molecule is CC(C)(C)OC(=O)/C(=C/c1ccccc1)S(=O)(=O)c1ccccc1. The van der Waals surface area contributed by atoms with E-state index in [-0.39, 0.29) is 9.80 Å². The van der Waals surface area contributed by atoms with E-state index >= 15 is 0 Å². The Hall–Kier alpha value is -2.40. The molecule has 0 amide bonds. The summed E-state index contributed by atoms with van der Waals surface area (Å²) in [5, 5.41) is 0. The number of carbonyl (C=O) groups excluding carboxylic acids is 1. The highest BCUT2D eigenvalue weighted by molar-refractivity contribution is 7.96. The van der Waals surface area contributed by atoms with Crippen molar-refractivity contribution >= 4 is 21.9 Å². The molecule has 0 spiro atoms. The standard InChI is InChI=1S/C19H20O4S/c1-19(2,3)23-18(20)17(14-15-10-6-4-7-11-15)24(21,22)16-12-8-5-9-13-16/h4-14H,1-3H3/b17-14-. The van der Waals surface area contributed by atoms with Crippen molar-refractivity contribution < 1.29 is 17.9 Å². The molecule has 0 aliphatic heterocycles. The first-order valence-corrected chi connectivity index (χ1v) is 8.99. The molecule has 0 aliphatic carbocycles. The van der Waals surface area contributed by atoms with Gasteiger partial charge in [0.05, 0.1) is 4.90 Å². The van der Waals surface area contributed by atoms with Crippen LogP contribution in [0.2, 0.25) is 0 Å². The van der Waals surface area contributed by atoms with Gasteiger partial charge in [-0.25, -0.2) is 13.2 Å². The van der Waals surface area contributed by atoms with Gasteiger partial charge >= 0.3 is 5.97 Å². The third-order valence-electron chi connectivity index (χ3n) is 3.04. The lowest BCUT2D eigenvalue weighted by molar-refractivity contribution is -0.148. The molecule has 0 unspecified atom stereocenters. The van der Waals surface area contributed by atoms with E-state index in [4.69, 9.17) is 4.74 Å². The van der Waals surface area contributed by atoms with Gasteiger partial charge in [0.1, 0.15) is 5.60 Å².